The third-order valence-corrected chi connectivity index (χ3v) is 5.26. The van der Waals surface area contributed by atoms with E-state index < -0.39 is 5.69 Å². The van der Waals surface area contributed by atoms with Crippen molar-refractivity contribution < 1.29 is 5.11 Å². The quantitative estimate of drug-likeness (QED) is 0.350. The molecule has 0 radical (unpaired) electrons. The largest absolute Gasteiger partial charge is 0.493 e. The van der Waals surface area contributed by atoms with Gasteiger partial charge in [-0.1, -0.05) is 13.0 Å². The summed E-state index contributed by atoms with van der Waals surface area (Å²) < 4.78 is 1.57. The number of hydrogen-bond donors (Lipinski definition) is 4. The Kier molecular flexibility index (Phi) is 4.92. The van der Waals surface area contributed by atoms with Gasteiger partial charge < -0.3 is 15.4 Å². The van der Waals surface area contributed by atoms with Gasteiger partial charge in [0.15, 0.2) is 5.65 Å². The Hall–Kier alpha value is -4.02. The van der Waals surface area contributed by atoms with E-state index in [-0.39, 0.29) is 23.7 Å². The first-order valence-corrected chi connectivity index (χ1v) is 10.5. The predicted molar refractivity (Wildman–Crippen MR) is 117 cm³/mol. The van der Waals surface area contributed by atoms with Crippen molar-refractivity contribution >= 4 is 17.7 Å². The van der Waals surface area contributed by atoms with E-state index in [1.54, 1.807) is 16.8 Å². The maximum absolute atomic E-state index is 11.5. The molecule has 1 unspecified atom stereocenters. The minimum Gasteiger partial charge on any atom is -0.493 e. The number of fused-ring (bicyclic) bond motifs is 1. The van der Waals surface area contributed by atoms with E-state index in [4.69, 9.17) is 0 Å². The van der Waals surface area contributed by atoms with Gasteiger partial charge >= 0.3 is 5.69 Å². The van der Waals surface area contributed by atoms with Crippen LogP contribution in [0.3, 0.4) is 0 Å². The van der Waals surface area contributed by atoms with Crippen molar-refractivity contribution in [1.29, 1.82) is 0 Å². The molecule has 1 atom stereocenters. The minimum atomic E-state index is -0.497. The Morgan fingerprint density at radius 3 is 2.81 bits per heavy atom. The zero-order valence-corrected chi connectivity index (χ0v) is 17.7. The second-order valence-electron chi connectivity index (χ2n) is 7.89. The number of nitrogens with zero attached hydrogens (tertiary/aromatic N) is 6. The van der Waals surface area contributed by atoms with Crippen molar-refractivity contribution in [2.45, 2.75) is 45.2 Å². The van der Waals surface area contributed by atoms with Crippen molar-refractivity contribution in [2.24, 2.45) is 4.99 Å². The van der Waals surface area contributed by atoms with Crippen molar-refractivity contribution in [3.05, 3.63) is 62.8 Å². The lowest BCUT2D eigenvalue weighted by atomic mass is 10.1. The third-order valence-electron chi connectivity index (χ3n) is 5.26. The van der Waals surface area contributed by atoms with Gasteiger partial charge in [0.25, 0.3) is 5.62 Å². The average Bonchev–Trinajstić information content (AvgIpc) is 3.41. The van der Waals surface area contributed by atoms with E-state index in [0.717, 1.165) is 30.5 Å². The molecule has 0 amide bonds. The molecule has 0 aromatic carbocycles. The molecule has 0 saturated heterocycles. The molecule has 32 heavy (non-hydrogen) atoms. The van der Waals surface area contributed by atoms with Gasteiger partial charge in [0.05, 0.1) is 24.0 Å². The summed E-state index contributed by atoms with van der Waals surface area (Å²) in [5, 5.41) is 18.3. The minimum absolute atomic E-state index is 0.0766. The Labute approximate surface area is 182 Å². The summed E-state index contributed by atoms with van der Waals surface area (Å²) in [5.74, 6) is 0.161. The van der Waals surface area contributed by atoms with Crippen LogP contribution >= 0.6 is 0 Å². The van der Waals surface area contributed by atoms with Crippen LogP contribution in [-0.2, 0) is 0 Å². The van der Waals surface area contributed by atoms with Crippen LogP contribution in [0.4, 0.5) is 5.95 Å². The van der Waals surface area contributed by atoms with Crippen LogP contribution < -0.4 is 21.8 Å². The van der Waals surface area contributed by atoms with E-state index in [0.29, 0.717) is 22.4 Å². The molecule has 1 aliphatic rings. The zero-order valence-electron chi connectivity index (χ0n) is 17.7. The first-order chi connectivity index (χ1) is 15.5. The van der Waals surface area contributed by atoms with Gasteiger partial charge in [-0.2, -0.15) is 19.6 Å². The molecule has 5 rings (SSSR count). The van der Waals surface area contributed by atoms with Crippen LogP contribution in [0.25, 0.3) is 11.7 Å². The lowest BCUT2D eigenvalue weighted by Gasteiger charge is -2.16. The highest BCUT2D eigenvalue weighted by Gasteiger charge is 2.21. The maximum atomic E-state index is 11.5. The van der Waals surface area contributed by atoms with Crippen molar-refractivity contribution in [3.63, 3.8) is 0 Å². The summed E-state index contributed by atoms with van der Waals surface area (Å²) in [6, 6.07) is 4.18. The van der Waals surface area contributed by atoms with Crippen LogP contribution in [0, 0.1) is 6.92 Å². The van der Waals surface area contributed by atoms with Gasteiger partial charge in [0.2, 0.25) is 11.8 Å². The van der Waals surface area contributed by atoms with Crippen molar-refractivity contribution in [1.82, 2.24) is 34.5 Å². The summed E-state index contributed by atoms with van der Waals surface area (Å²) in [7, 11) is 0. The molecule has 4 aromatic rings. The Morgan fingerprint density at radius 1 is 1.31 bits per heavy atom. The summed E-state index contributed by atoms with van der Waals surface area (Å²) in [6.07, 6.45) is 7.88. The topological polar surface area (TPSA) is 149 Å². The number of aromatic hydroxyl groups is 1. The van der Waals surface area contributed by atoms with Crippen molar-refractivity contribution in [3.8, 4) is 5.88 Å². The second kappa shape index (κ2) is 7.91. The lowest BCUT2D eigenvalue weighted by molar-refractivity contribution is 0.454. The lowest BCUT2D eigenvalue weighted by Crippen LogP contribution is -2.26. The molecule has 1 aliphatic carbocycles. The summed E-state index contributed by atoms with van der Waals surface area (Å²) in [5.41, 5.74) is 2.71. The number of imidazole rings is 1. The predicted octanol–water partition coefficient (Wildman–Crippen LogP) is 0.724. The molecule has 11 heteroatoms. The molecule has 4 N–H and O–H groups in total. The number of aryl methyl sites for hydroxylation is 1. The van der Waals surface area contributed by atoms with Gasteiger partial charge in [0, 0.05) is 11.4 Å². The second-order valence-corrected chi connectivity index (χ2v) is 7.89. The molecule has 4 aromatic heterocycles. The zero-order chi connectivity index (χ0) is 22.2. The average molecular weight is 433 g/mol. The van der Waals surface area contributed by atoms with Gasteiger partial charge in [-0.15, -0.1) is 0 Å². The molecule has 0 bridgehead atoms. The number of nitrogens with one attached hydrogen (secondary N) is 3. The van der Waals surface area contributed by atoms with Crippen LogP contribution in [0.1, 0.15) is 49.2 Å². The van der Waals surface area contributed by atoms with Gasteiger partial charge in [0.1, 0.15) is 5.69 Å². The normalized spacial score (nSPS) is 16.1. The van der Waals surface area contributed by atoms with E-state index in [1.807, 2.05) is 25.3 Å². The fraction of sp³-hybridized carbons (Fsp3) is 0.333. The number of rotatable bonds is 6. The fourth-order valence-corrected chi connectivity index (χ4v) is 3.37. The van der Waals surface area contributed by atoms with Crippen LogP contribution in [0.2, 0.25) is 0 Å². The van der Waals surface area contributed by atoms with Gasteiger partial charge in [-0.3, -0.25) is 9.97 Å². The number of aromatic amines is 2. The number of anilines is 1. The number of hydrogen-bond acceptors (Lipinski definition) is 8. The first kappa shape index (κ1) is 19.9. The van der Waals surface area contributed by atoms with Crippen LogP contribution in [0.15, 0.2) is 34.3 Å². The summed E-state index contributed by atoms with van der Waals surface area (Å²) in [4.78, 5) is 34.8. The molecule has 0 aliphatic heterocycles. The smallest absolute Gasteiger partial charge is 0.326 e. The highest BCUT2D eigenvalue weighted by Crippen LogP contribution is 2.22. The van der Waals surface area contributed by atoms with E-state index in [2.05, 4.69) is 47.3 Å². The Morgan fingerprint density at radius 2 is 2.16 bits per heavy atom. The fourth-order valence-electron chi connectivity index (χ4n) is 3.37. The Balaban J connectivity index is 1.62. The SMILES string of the molecule is CCC(Nc1nc(=NC2CC2)n2ncc(=Cc3[nH]c(=O)[nH]c3O)c2n1)c1ccc(C)cn1. The van der Waals surface area contributed by atoms with Gasteiger partial charge in [-0.05, 0) is 43.9 Å². The molecular formula is C21H23N9O2. The van der Waals surface area contributed by atoms with Crippen molar-refractivity contribution in [2.75, 3.05) is 5.32 Å². The molecule has 164 valence electrons. The molecule has 1 fully saturated rings. The summed E-state index contributed by atoms with van der Waals surface area (Å²) >= 11 is 0. The molecule has 11 nitrogen and oxygen atoms in total. The Bertz CT molecular complexity index is 1450. The van der Waals surface area contributed by atoms with E-state index in [1.165, 1.54) is 0 Å². The maximum Gasteiger partial charge on any atom is 0.326 e. The monoisotopic (exact) mass is 433 g/mol. The first-order valence-electron chi connectivity index (χ1n) is 10.5. The number of pyridine rings is 1. The highest BCUT2D eigenvalue weighted by atomic mass is 16.3. The molecule has 4 heterocycles. The molecular weight excluding hydrogens is 410 g/mol. The standard InChI is InChI=1S/C21H23N9O2/c1-3-14(15-7-4-11(2)9-22-15)25-19-27-17-12(8-16-18(31)28-21(32)26-16)10-23-30(17)20(29-19)24-13-5-6-13/h4,7-10,13-14,31H,3,5-6H2,1-2H3,(H,24,25,29)(H2,26,28,32). The molecule has 1 saturated carbocycles. The highest BCUT2D eigenvalue weighted by molar-refractivity contribution is 5.57. The summed E-state index contributed by atoms with van der Waals surface area (Å²) in [6.45, 7) is 4.07. The van der Waals surface area contributed by atoms with E-state index >= 15 is 0 Å². The van der Waals surface area contributed by atoms with E-state index in [9.17, 15) is 9.90 Å². The van der Waals surface area contributed by atoms with Crippen LogP contribution in [-0.4, -0.2) is 45.7 Å². The molecule has 0 spiro atoms. The number of H-pyrrole nitrogens is 2. The van der Waals surface area contributed by atoms with Gasteiger partial charge in [-0.25, -0.2) is 9.79 Å². The van der Waals surface area contributed by atoms with Crippen LogP contribution in [0.5, 0.6) is 5.88 Å². The third kappa shape index (κ3) is 3.96. The number of aromatic nitrogens is 7.